The molecule has 5 aromatic rings. The van der Waals surface area contributed by atoms with E-state index in [0.29, 0.717) is 27.5 Å². The van der Waals surface area contributed by atoms with Crippen LogP contribution >= 0.6 is 0 Å². The molecule has 1 atom stereocenters. The van der Waals surface area contributed by atoms with Gasteiger partial charge in [0, 0.05) is 28.0 Å². The van der Waals surface area contributed by atoms with E-state index in [1.165, 1.54) is 59.5 Å². The Morgan fingerprint density at radius 3 is 2.47 bits per heavy atom. The molecule has 4 nitrogen and oxygen atoms in total. The second-order valence-corrected chi connectivity index (χ2v) is 7.71. The molecule has 1 unspecified atom stereocenters. The van der Waals surface area contributed by atoms with Crippen molar-refractivity contribution in [3.63, 3.8) is 0 Å². The number of nitrogens with zero attached hydrogens (tertiary/aromatic N) is 2. The van der Waals surface area contributed by atoms with Crippen molar-refractivity contribution in [2.75, 3.05) is 0 Å². The van der Waals surface area contributed by atoms with Crippen molar-refractivity contribution in [1.82, 2.24) is 14.8 Å². The third-order valence-corrected chi connectivity index (χ3v) is 5.78. The number of para-hydroxylation sites is 1. The summed E-state index contributed by atoms with van der Waals surface area (Å²) in [5.41, 5.74) is -1.42. The number of aromatic amines is 1. The summed E-state index contributed by atoms with van der Waals surface area (Å²) in [4.78, 5) is 2.86. The maximum atomic E-state index is 14.4. The lowest BCUT2D eigenvalue weighted by molar-refractivity contribution is -0.247. The molecule has 0 saturated heterocycles. The topological polar surface area (TPSA) is 53.8 Å². The monoisotopic (exact) mass is 439 g/mol. The number of nitrogens with one attached hydrogen (secondary N) is 1. The van der Waals surface area contributed by atoms with E-state index in [1.807, 2.05) is 0 Å². The standard InChI is InChI=1S/C24H17F4N3O/c1-14-3-2-4-19-20(13-29-22(14)19)23(32,24(26,27)28)16-5-10-21-15(11-16)12-30-31(21)18-8-6-17(25)7-9-18/h2-13,29,32H,1H3. The SMILES string of the molecule is Cc1cccc2c(C(O)(c3ccc4c(cnn4-c4ccc(F)cc4)c3)C(F)(F)F)c[nH]c12. The number of fused-ring (bicyclic) bond motifs is 2. The van der Waals surface area contributed by atoms with Crippen LogP contribution in [0.25, 0.3) is 27.5 Å². The molecule has 2 heterocycles. The molecule has 32 heavy (non-hydrogen) atoms. The highest BCUT2D eigenvalue weighted by atomic mass is 19.4. The molecule has 0 radical (unpaired) electrons. The Hall–Kier alpha value is -3.65. The number of hydrogen-bond acceptors (Lipinski definition) is 2. The lowest BCUT2D eigenvalue weighted by Crippen LogP contribution is -2.43. The largest absolute Gasteiger partial charge is 0.425 e. The fourth-order valence-corrected chi connectivity index (χ4v) is 4.12. The van der Waals surface area contributed by atoms with E-state index in [9.17, 15) is 22.7 Å². The predicted octanol–water partition coefficient (Wildman–Crippen LogP) is 5.75. The molecular weight excluding hydrogens is 422 g/mol. The van der Waals surface area contributed by atoms with E-state index in [0.717, 1.165) is 5.56 Å². The van der Waals surface area contributed by atoms with E-state index < -0.39 is 17.6 Å². The minimum atomic E-state index is -4.98. The minimum Gasteiger partial charge on any atom is -0.372 e. The highest BCUT2D eigenvalue weighted by Gasteiger charge is 2.57. The molecule has 0 aliphatic carbocycles. The summed E-state index contributed by atoms with van der Waals surface area (Å²) in [7, 11) is 0. The Bertz CT molecular complexity index is 1450. The molecule has 0 fully saturated rings. The number of aryl methyl sites for hydroxylation is 1. The van der Waals surface area contributed by atoms with Crippen LogP contribution in [0, 0.1) is 12.7 Å². The number of hydrogen-bond donors (Lipinski definition) is 2. The Labute approximate surface area is 179 Å². The smallest absolute Gasteiger partial charge is 0.372 e. The molecular formula is C24H17F4N3O. The molecule has 0 saturated carbocycles. The van der Waals surface area contributed by atoms with Gasteiger partial charge in [0.25, 0.3) is 0 Å². The van der Waals surface area contributed by atoms with Gasteiger partial charge < -0.3 is 10.1 Å². The van der Waals surface area contributed by atoms with Crippen molar-refractivity contribution in [2.45, 2.75) is 18.7 Å². The van der Waals surface area contributed by atoms with Crippen LogP contribution in [0.15, 0.2) is 73.1 Å². The van der Waals surface area contributed by atoms with E-state index in [1.54, 1.807) is 25.1 Å². The lowest BCUT2D eigenvalue weighted by atomic mass is 9.84. The number of aromatic nitrogens is 3. The Morgan fingerprint density at radius 2 is 1.75 bits per heavy atom. The maximum Gasteiger partial charge on any atom is 0.425 e. The number of benzene rings is 3. The van der Waals surface area contributed by atoms with Crippen LogP contribution < -0.4 is 0 Å². The van der Waals surface area contributed by atoms with Crippen LogP contribution in [0.1, 0.15) is 16.7 Å². The molecule has 0 bridgehead atoms. The van der Waals surface area contributed by atoms with Crippen LogP contribution in [0.5, 0.6) is 0 Å². The first-order chi connectivity index (χ1) is 15.2. The van der Waals surface area contributed by atoms with E-state index in [2.05, 4.69) is 10.1 Å². The third-order valence-electron chi connectivity index (χ3n) is 5.78. The Balaban J connectivity index is 1.70. The van der Waals surface area contributed by atoms with Crippen molar-refractivity contribution in [3.05, 3.63) is 95.6 Å². The molecule has 0 spiro atoms. The number of halogens is 4. The van der Waals surface area contributed by atoms with Gasteiger partial charge >= 0.3 is 6.18 Å². The van der Waals surface area contributed by atoms with E-state index in [-0.39, 0.29) is 11.1 Å². The predicted molar refractivity (Wildman–Crippen MR) is 113 cm³/mol. The first kappa shape index (κ1) is 20.3. The van der Waals surface area contributed by atoms with Crippen molar-refractivity contribution in [2.24, 2.45) is 0 Å². The molecule has 0 aliphatic heterocycles. The van der Waals surface area contributed by atoms with Gasteiger partial charge in [0.1, 0.15) is 5.82 Å². The number of alkyl halides is 3. The summed E-state index contributed by atoms with van der Waals surface area (Å²) < 4.78 is 57.9. The number of H-pyrrole nitrogens is 1. The molecule has 3 aromatic carbocycles. The first-order valence-electron chi connectivity index (χ1n) is 9.80. The van der Waals surface area contributed by atoms with Crippen LogP contribution in [-0.2, 0) is 5.60 Å². The first-order valence-corrected chi connectivity index (χ1v) is 9.80. The highest BCUT2D eigenvalue weighted by Crippen LogP contribution is 2.47. The molecule has 5 rings (SSSR count). The molecule has 2 aromatic heterocycles. The fraction of sp³-hybridized carbons (Fsp3) is 0.125. The van der Waals surface area contributed by atoms with Crippen LogP contribution in [-0.4, -0.2) is 26.0 Å². The average Bonchev–Trinajstić information content (AvgIpc) is 3.38. The van der Waals surface area contributed by atoms with E-state index in [4.69, 9.17) is 0 Å². The van der Waals surface area contributed by atoms with Crippen LogP contribution in [0.3, 0.4) is 0 Å². The highest BCUT2D eigenvalue weighted by molar-refractivity contribution is 5.88. The molecule has 8 heteroatoms. The van der Waals surface area contributed by atoms with Gasteiger partial charge in [0.15, 0.2) is 0 Å². The zero-order valence-corrected chi connectivity index (χ0v) is 16.8. The molecule has 2 N–H and O–H groups in total. The summed E-state index contributed by atoms with van der Waals surface area (Å²) in [5, 5.41) is 16.1. The average molecular weight is 439 g/mol. The van der Waals surface area contributed by atoms with Crippen LogP contribution in [0.4, 0.5) is 17.6 Å². The van der Waals surface area contributed by atoms with Crippen molar-refractivity contribution in [1.29, 1.82) is 0 Å². The summed E-state index contributed by atoms with van der Waals surface area (Å²) in [6, 6.07) is 14.6. The lowest BCUT2D eigenvalue weighted by Gasteiger charge is -2.31. The maximum absolute atomic E-state index is 14.4. The van der Waals surface area contributed by atoms with Gasteiger partial charge in [-0.1, -0.05) is 24.3 Å². The number of aliphatic hydroxyl groups is 1. The van der Waals surface area contributed by atoms with Gasteiger partial charge in [0.05, 0.1) is 17.4 Å². The van der Waals surface area contributed by atoms with Gasteiger partial charge in [-0.05, 0) is 54.4 Å². The zero-order chi connectivity index (χ0) is 22.7. The summed E-state index contributed by atoms with van der Waals surface area (Å²) >= 11 is 0. The summed E-state index contributed by atoms with van der Waals surface area (Å²) in [5.74, 6) is -0.406. The fourth-order valence-electron chi connectivity index (χ4n) is 4.12. The summed E-state index contributed by atoms with van der Waals surface area (Å²) in [6.07, 6.45) is -2.36. The minimum absolute atomic E-state index is 0.269. The molecule has 0 amide bonds. The normalized spacial score (nSPS) is 14.2. The van der Waals surface area contributed by atoms with Crippen molar-refractivity contribution in [3.8, 4) is 5.69 Å². The van der Waals surface area contributed by atoms with Gasteiger partial charge in [-0.15, -0.1) is 0 Å². The number of rotatable bonds is 3. The van der Waals surface area contributed by atoms with Crippen molar-refractivity contribution >= 4 is 21.8 Å². The Morgan fingerprint density at radius 1 is 1.00 bits per heavy atom. The van der Waals surface area contributed by atoms with Crippen LogP contribution in [0.2, 0.25) is 0 Å². The van der Waals surface area contributed by atoms with Gasteiger partial charge in [-0.25, -0.2) is 9.07 Å². The van der Waals surface area contributed by atoms with Crippen molar-refractivity contribution < 1.29 is 22.7 Å². The summed E-state index contributed by atoms with van der Waals surface area (Å²) in [6.45, 7) is 1.78. The zero-order valence-electron chi connectivity index (χ0n) is 16.8. The third kappa shape index (κ3) is 2.90. The Kier molecular flexibility index (Phi) is 4.39. The van der Waals surface area contributed by atoms with Gasteiger partial charge in [0.2, 0.25) is 5.60 Å². The second-order valence-electron chi connectivity index (χ2n) is 7.71. The van der Waals surface area contributed by atoms with E-state index >= 15 is 0 Å². The quantitative estimate of drug-likeness (QED) is 0.352. The van der Waals surface area contributed by atoms with Gasteiger partial charge in [-0.3, -0.25) is 0 Å². The molecule has 162 valence electrons. The second kappa shape index (κ2) is 6.93. The van der Waals surface area contributed by atoms with Gasteiger partial charge in [-0.2, -0.15) is 18.3 Å². The molecule has 0 aliphatic rings.